The molecule has 6 heteroatoms. The molecule has 0 aromatic heterocycles. The van der Waals surface area contributed by atoms with Crippen LogP contribution >= 0.6 is 0 Å². The number of hydrogen-bond acceptors (Lipinski definition) is 4. The van der Waals surface area contributed by atoms with Gasteiger partial charge < -0.3 is 24.8 Å². The van der Waals surface area contributed by atoms with E-state index >= 15 is 0 Å². The number of benzene rings is 1. The molecule has 0 spiro atoms. The highest BCUT2D eigenvalue weighted by molar-refractivity contribution is 5.79. The zero-order chi connectivity index (χ0) is 18.3. The lowest BCUT2D eigenvalue weighted by atomic mass is 10.1. The van der Waals surface area contributed by atoms with Crippen molar-refractivity contribution in [1.82, 2.24) is 10.6 Å². The van der Waals surface area contributed by atoms with Crippen molar-refractivity contribution in [1.29, 1.82) is 0 Å². The first kappa shape index (κ1) is 21.3. The Balaban J connectivity index is 2.19. The second-order valence-corrected chi connectivity index (χ2v) is 5.80. The third-order valence-corrected chi connectivity index (χ3v) is 3.79. The number of nitrogens with zero attached hydrogens (tertiary/aromatic N) is 1. The molecule has 142 valence electrons. The van der Waals surface area contributed by atoms with Crippen LogP contribution in [-0.2, 0) is 15.9 Å². The van der Waals surface area contributed by atoms with Crippen LogP contribution in [0, 0.1) is 6.92 Å². The van der Waals surface area contributed by atoms with E-state index in [1.54, 1.807) is 21.3 Å². The van der Waals surface area contributed by atoms with Crippen LogP contribution in [0.4, 0.5) is 0 Å². The van der Waals surface area contributed by atoms with Crippen molar-refractivity contribution < 1.29 is 14.2 Å². The first-order valence-corrected chi connectivity index (χ1v) is 8.86. The second kappa shape index (κ2) is 13.5. The Morgan fingerprint density at radius 3 is 2.56 bits per heavy atom. The predicted molar refractivity (Wildman–Crippen MR) is 103 cm³/mol. The number of ether oxygens (including phenoxy) is 3. The van der Waals surface area contributed by atoms with Crippen LogP contribution in [0.25, 0.3) is 0 Å². The maximum absolute atomic E-state index is 5.44. The number of methoxy groups -OCH3 is 2. The Morgan fingerprint density at radius 1 is 1.04 bits per heavy atom. The van der Waals surface area contributed by atoms with Crippen LogP contribution < -0.4 is 15.4 Å². The molecule has 0 radical (unpaired) electrons. The van der Waals surface area contributed by atoms with E-state index in [0.717, 1.165) is 50.7 Å². The van der Waals surface area contributed by atoms with Crippen molar-refractivity contribution >= 4 is 5.96 Å². The minimum Gasteiger partial charge on any atom is -0.496 e. The van der Waals surface area contributed by atoms with Crippen LogP contribution in [0.1, 0.15) is 24.0 Å². The molecule has 0 saturated heterocycles. The molecule has 0 aliphatic carbocycles. The van der Waals surface area contributed by atoms with Crippen molar-refractivity contribution in [2.75, 3.05) is 54.2 Å². The summed E-state index contributed by atoms with van der Waals surface area (Å²) in [4.78, 5) is 4.25. The van der Waals surface area contributed by atoms with Gasteiger partial charge in [-0.25, -0.2) is 0 Å². The van der Waals surface area contributed by atoms with Gasteiger partial charge in [-0.2, -0.15) is 0 Å². The van der Waals surface area contributed by atoms with Crippen LogP contribution in [0.3, 0.4) is 0 Å². The third-order valence-electron chi connectivity index (χ3n) is 3.79. The van der Waals surface area contributed by atoms with E-state index in [4.69, 9.17) is 14.2 Å². The summed E-state index contributed by atoms with van der Waals surface area (Å²) in [5, 5.41) is 6.67. The lowest BCUT2D eigenvalue weighted by Crippen LogP contribution is -2.38. The molecule has 0 aliphatic heterocycles. The molecule has 0 aliphatic rings. The summed E-state index contributed by atoms with van der Waals surface area (Å²) in [5.74, 6) is 1.76. The fourth-order valence-electron chi connectivity index (χ4n) is 2.42. The summed E-state index contributed by atoms with van der Waals surface area (Å²) in [6, 6.07) is 6.25. The quantitative estimate of drug-likeness (QED) is 0.343. The van der Waals surface area contributed by atoms with Crippen LogP contribution in [-0.4, -0.2) is 60.1 Å². The van der Waals surface area contributed by atoms with Gasteiger partial charge in [0, 0.05) is 33.9 Å². The normalized spacial score (nSPS) is 11.4. The topological polar surface area (TPSA) is 64.1 Å². The van der Waals surface area contributed by atoms with Crippen molar-refractivity contribution in [2.24, 2.45) is 4.99 Å². The Kier molecular flexibility index (Phi) is 11.5. The summed E-state index contributed by atoms with van der Waals surface area (Å²) in [6.45, 7) is 5.86. The smallest absolute Gasteiger partial charge is 0.190 e. The molecule has 6 nitrogen and oxygen atoms in total. The van der Waals surface area contributed by atoms with E-state index in [9.17, 15) is 0 Å². The molecule has 2 N–H and O–H groups in total. The molecule has 0 atom stereocenters. The summed E-state index contributed by atoms with van der Waals surface area (Å²) < 4.78 is 15.8. The standard InChI is InChI=1S/C19H33N3O3/c1-16-7-8-18(24-4)17(15-16)9-11-22-19(20-2)21-10-5-6-12-25-14-13-23-3/h7-8,15H,5-6,9-14H2,1-4H3,(H2,20,21,22). The molecule has 0 amide bonds. The summed E-state index contributed by atoms with van der Waals surface area (Å²) in [6.07, 6.45) is 2.95. The SMILES string of the molecule is CN=C(NCCCCOCCOC)NCCc1cc(C)ccc1OC. The minimum atomic E-state index is 0.653. The first-order valence-electron chi connectivity index (χ1n) is 8.86. The summed E-state index contributed by atoms with van der Waals surface area (Å²) >= 11 is 0. The largest absolute Gasteiger partial charge is 0.496 e. The molecular weight excluding hydrogens is 318 g/mol. The predicted octanol–water partition coefficient (Wildman–Crippen LogP) is 2.15. The maximum atomic E-state index is 5.44. The highest BCUT2D eigenvalue weighted by Crippen LogP contribution is 2.19. The molecule has 0 fully saturated rings. The Hall–Kier alpha value is -1.79. The monoisotopic (exact) mass is 351 g/mol. The summed E-state index contributed by atoms with van der Waals surface area (Å²) in [7, 11) is 5.18. The van der Waals surface area contributed by atoms with Crippen molar-refractivity contribution in [3.05, 3.63) is 29.3 Å². The van der Waals surface area contributed by atoms with E-state index < -0.39 is 0 Å². The Bertz CT molecular complexity index is 507. The van der Waals surface area contributed by atoms with Gasteiger partial charge in [-0.1, -0.05) is 17.7 Å². The van der Waals surface area contributed by atoms with Crippen molar-refractivity contribution in [2.45, 2.75) is 26.2 Å². The number of aryl methyl sites for hydroxylation is 1. The van der Waals surface area contributed by atoms with Gasteiger partial charge in [0.2, 0.25) is 0 Å². The lowest BCUT2D eigenvalue weighted by Gasteiger charge is -2.13. The maximum Gasteiger partial charge on any atom is 0.190 e. The number of hydrogen-bond donors (Lipinski definition) is 2. The van der Waals surface area contributed by atoms with Crippen LogP contribution in [0.5, 0.6) is 5.75 Å². The fourth-order valence-corrected chi connectivity index (χ4v) is 2.42. The average Bonchev–Trinajstić information content (AvgIpc) is 2.62. The number of guanidine groups is 1. The van der Waals surface area contributed by atoms with Gasteiger partial charge in [-0.15, -0.1) is 0 Å². The molecule has 1 aromatic rings. The van der Waals surface area contributed by atoms with Gasteiger partial charge in [0.1, 0.15) is 5.75 Å². The molecule has 1 rings (SSSR count). The molecule has 25 heavy (non-hydrogen) atoms. The molecular formula is C19H33N3O3. The van der Waals surface area contributed by atoms with E-state index in [2.05, 4.69) is 34.7 Å². The number of aliphatic imine (C=N–C) groups is 1. The molecule has 1 aromatic carbocycles. The van der Waals surface area contributed by atoms with Crippen molar-refractivity contribution in [3.8, 4) is 5.75 Å². The molecule has 0 unspecified atom stereocenters. The minimum absolute atomic E-state index is 0.653. The average molecular weight is 351 g/mol. The second-order valence-electron chi connectivity index (χ2n) is 5.80. The lowest BCUT2D eigenvalue weighted by molar-refractivity contribution is 0.0689. The fraction of sp³-hybridized carbons (Fsp3) is 0.632. The highest BCUT2D eigenvalue weighted by Gasteiger charge is 2.04. The van der Waals surface area contributed by atoms with E-state index in [0.29, 0.717) is 13.2 Å². The van der Waals surface area contributed by atoms with E-state index in [1.165, 1.54) is 11.1 Å². The van der Waals surface area contributed by atoms with Crippen molar-refractivity contribution in [3.63, 3.8) is 0 Å². The van der Waals surface area contributed by atoms with Gasteiger partial charge in [-0.3, -0.25) is 4.99 Å². The van der Waals surface area contributed by atoms with E-state index in [1.807, 2.05) is 6.07 Å². The zero-order valence-electron chi connectivity index (χ0n) is 16.1. The van der Waals surface area contributed by atoms with Gasteiger partial charge >= 0.3 is 0 Å². The molecule has 0 bridgehead atoms. The van der Waals surface area contributed by atoms with Crippen LogP contribution in [0.15, 0.2) is 23.2 Å². The van der Waals surface area contributed by atoms with E-state index in [-0.39, 0.29) is 0 Å². The summed E-state index contributed by atoms with van der Waals surface area (Å²) in [5.41, 5.74) is 2.45. The molecule has 0 heterocycles. The number of unbranched alkanes of at least 4 members (excludes halogenated alkanes) is 1. The number of rotatable bonds is 12. The third kappa shape index (κ3) is 9.31. The van der Waals surface area contributed by atoms with Gasteiger partial charge in [0.05, 0.1) is 20.3 Å². The Labute approximate surface area is 152 Å². The number of nitrogens with one attached hydrogen (secondary N) is 2. The van der Waals surface area contributed by atoms with Crippen LogP contribution in [0.2, 0.25) is 0 Å². The Morgan fingerprint density at radius 2 is 1.84 bits per heavy atom. The highest BCUT2D eigenvalue weighted by atomic mass is 16.5. The van der Waals surface area contributed by atoms with Gasteiger partial charge in [0.15, 0.2) is 5.96 Å². The molecule has 0 saturated carbocycles. The van der Waals surface area contributed by atoms with Gasteiger partial charge in [-0.05, 0) is 37.8 Å². The van der Waals surface area contributed by atoms with Gasteiger partial charge in [0.25, 0.3) is 0 Å². The zero-order valence-corrected chi connectivity index (χ0v) is 16.1. The first-order chi connectivity index (χ1) is 12.2.